The molecule has 0 aromatic heterocycles. The number of rotatable bonds is 41. The Hall–Kier alpha value is -2.89. The van der Waals surface area contributed by atoms with Gasteiger partial charge in [0.2, 0.25) is 0 Å². The van der Waals surface area contributed by atoms with Crippen LogP contribution in [0.25, 0.3) is 0 Å². The number of phosphoric ester groups is 1. The van der Waals surface area contributed by atoms with Gasteiger partial charge in [-0.25, -0.2) is 4.57 Å². The van der Waals surface area contributed by atoms with Gasteiger partial charge < -0.3 is 29.1 Å². The molecule has 12 heteroatoms. The highest BCUT2D eigenvalue weighted by molar-refractivity contribution is 7.47. The van der Waals surface area contributed by atoms with Gasteiger partial charge in [0.05, 0.1) is 40.0 Å². The summed E-state index contributed by atoms with van der Waals surface area (Å²) in [6, 6.07) is 0. The monoisotopic (exact) mass is 893 g/mol. The average molecular weight is 893 g/mol. The van der Waals surface area contributed by atoms with Crippen LogP contribution in [-0.2, 0) is 32.7 Å². The summed E-state index contributed by atoms with van der Waals surface area (Å²) in [6.07, 6.45) is 45.1. The quantitative estimate of drug-likeness (QED) is 0.0178. The van der Waals surface area contributed by atoms with Crippen LogP contribution >= 0.6 is 7.82 Å². The largest absolute Gasteiger partial charge is 0.472 e. The van der Waals surface area contributed by atoms with Crippen LogP contribution in [0.2, 0.25) is 0 Å². The highest BCUT2D eigenvalue weighted by Gasteiger charge is 2.27. The standard InChI is InChI=1S/C50H86NO10P/c1-6-8-10-12-14-16-18-20-21-22-23-24-25-26-28-30-32-34-36-40-49(54)58-44-46(45-60-62(56,57)59-43-42-51(3,4)5)61-50(55)41-37-39-48(53)47(52)38-35-33-31-29-27-19-17-15-13-11-9-7-2/h14-17,20-21,23-24,26-29,33,35,46-48,52-53H,6-13,18-19,22,25,30-32,34,36-45H2,1-5H3/p+1/b16-14-,17-15-,21-20-,24-23-,28-26-,29-27-,35-33-/t46-,47?,48?/m1/s1. The second kappa shape index (κ2) is 40.9. The molecule has 0 bridgehead atoms. The van der Waals surface area contributed by atoms with Crippen LogP contribution in [0.15, 0.2) is 85.1 Å². The van der Waals surface area contributed by atoms with Gasteiger partial charge >= 0.3 is 19.8 Å². The predicted molar refractivity (Wildman–Crippen MR) is 254 cm³/mol. The third kappa shape index (κ3) is 42.4. The molecule has 0 spiro atoms. The molecule has 0 heterocycles. The fraction of sp³-hybridized carbons (Fsp3) is 0.680. The van der Waals surface area contributed by atoms with Gasteiger partial charge in [-0.2, -0.15) is 0 Å². The molecule has 3 unspecified atom stereocenters. The fourth-order valence-electron chi connectivity index (χ4n) is 5.75. The Morgan fingerprint density at radius 1 is 0.565 bits per heavy atom. The number of likely N-dealkylation sites (N-methyl/N-ethyl adjacent to an activating group) is 1. The maximum Gasteiger partial charge on any atom is 0.472 e. The molecule has 0 amide bonds. The Balaban J connectivity index is 4.64. The normalized spacial score (nSPS) is 15.3. The number of ether oxygens (including phenoxy) is 2. The Bertz CT molecular complexity index is 1360. The lowest BCUT2D eigenvalue weighted by molar-refractivity contribution is -0.870. The third-order valence-electron chi connectivity index (χ3n) is 9.60. The lowest BCUT2D eigenvalue weighted by Crippen LogP contribution is -2.37. The molecule has 0 fully saturated rings. The van der Waals surface area contributed by atoms with E-state index in [1.165, 1.54) is 44.9 Å². The number of aliphatic hydroxyl groups is 2. The summed E-state index contributed by atoms with van der Waals surface area (Å²) in [4.78, 5) is 35.5. The number of phosphoric acid groups is 1. The van der Waals surface area contributed by atoms with E-state index in [-0.39, 0.29) is 45.3 Å². The van der Waals surface area contributed by atoms with Crippen LogP contribution < -0.4 is 0 Å². The van der Waals surface area contributed by atoms with Crippen LogP contribution in [0.5, 0.6) is 0 Å². The van der Waals surface area contributed by atoms with E-state index in [0.717, 1.165) is 57.8 Å². The molecular weight excluding hydrogens is 806 g/mol. The van der Waals surface area contributed by atoms with Gasteiger partial charge in [-0.05, 0) is 96.3 Å². The zero-order valence-electron chi connectivity index (χ0n) is 39.3. The summed E-state index contributed by atoms with van der Waals surface area (Å²) in [5, 5.41) is 20.8. The summed E-state index contributed by atoms with van der Waals surface area (Å²) in [7, 11) is 1.27. The molecule has 356 valence electrons. The molecule has 3 N–H and O–H groups in total. The molecule has 0 aromatic carbocycles. The molecule has 0 aliphatic rings. The van der Waals surface area contributed by atoms with E-state index >= 15 is 0 Å². The second-order valence-electron chi connectivity index (χ2n) is 16.7. The molecule has 0 radical (unpaired) electrons. The van der Waals surface area contributed by atoms with E-state index < -0.39 is 44.7 Å². The van der Waals surface area contributed by atoms with Crippen LogP contribution in [0.3, 0.4) is 0 Å². The van der Waals surface area contributed by atoms with Crippen LogP contribution in [0, 0.1) is 0 Å². The summed E-state index contributed by atoms with van der Waals surface area (Å²) >= 11 is 0. The summed E-state index contributed by atoms with van der Waals surface area (Å²) in [5.41, 5.74) is 0. The molecule has 0 saturated heterocycles. The van der Waals surface area contributed by atoms with Gasteiger partial charge in [0.25, 0.3) is 0 Å². The number of carbonyl (C=O) groups is 2. The number of esters is 2. The number of allylic oxidation sites excluding steroid dienone is 13. The van der Waals surface area contributed by atoms with E-state index in [1.807, 2.05) is 33.3 Å². The van der Waals surface area contributed by atoms with E-state index in [2.05, 4.69) is 86.8 Å². The Morgan fingerprint density at radius 3 is 1.53 bits per heavy atom. The van der Waals surface area contributed by atoms with Gasteiger partial charge in [-0.15, -0.1) is 0 Å². The van der Waals surface area contributed by atoms with Gasteiger partial charge in [0, 0.05) is 12.8 Å². The van der Waals surface area contributed by atoms with E-state index in [9.17, 15) is 29.3 Å². The van der Waals surface area contributed by atoms with Crippen LogP contribution in [-0.4, -0.2) is 97.3 Å². The van der Waals surface area contributed by atoms with Crippen LogP contribution in [0.1, 0.15) is 155 Å². The third-order valence-corrected chi connectivity index (χ3v) is 10.6. The first kappa shape index (κ1) is 59.1. The highest BCUT2D eigenvalue weighted by atomic mass is 31.2. The zero-order chi connectivity index (χ0) is 46.0. The molecule has 0 aliphatic heterocycles. The smallest absolute Gasteiger partial charge is 0.462 e. The molecule has 0 rings (SSSR count). The van der Waals surface area contributed by atoms with Crippen molar-refractivity contribution in [2.24, 2.45) is 0 Å². The number of quaternary nitrogens is 1. The minimum atomic E-state index is -4.47. The maximum atomic E-state index is 12.8. The first-order valence-electron chi connectivity index (χ1n) is 23.5. The number of carbonyl (C=O) groups excluding carboxylic acids is 2. The average Bonchev–Trinajstić information content (AvgIpc) is 3.22. The summed E-state index contributed by atoms with van der Waals surface area (Å²) in [6.45, 7) is 3.97. The Kier molecular flexibility index (Phi) is 39.0. The summed E-state index contributed by atoms with van der Waals surface area (Å²) in [5.74, 6) is -1.13. The molecule has 0 aliphatic carbocycles. The zero-order valence-corrected chi connectivity index (χ0v) is 40.2. The molecule has 4 atom stereocenters. The van der Waals surface area contributed by atoms with Gasteiger partial charge in [-0.3, -0.25) is 18.6 Å². The molecule has 0 saturated carbocycles. The van der Waals surface area contributed by atoms with Crippen molar-refractivity contribution in [1.29, 1.82) is 0 Å². The van der Waals surface area contributed by atoms with Crippen molar-refractivity contribution >= 4 is 19.8 Å². The van der Waals surface area contributed by atoms with Crippen molar-refractivity contribution in [3.05, 3.63) is 85.1 Å². The lowest BCUT2D eigenvalue weighted by atomic mass is 10.0. The maximum absolute atomic E-state index is 12.8. The second-order valence-corrected chi connectivity index (χ2v) is 18.2. The van der Waals surface area contributed by atoms with Crippen molar-refractivity contribution in [1.82, 2.24) is 0 Å². The highest BCUT2D eigenvalue weighted by Crippen LogP contribution is 2.43. The van der Waals surface area contributed by atoms with Gasteiger partial charge in [-0.1, -0.05) is 131 Å². The number of aliphatic hydroxyl groups excluding tert-OH is 2. The first-order chi connectivity index (χ1) is 29.8. The molecule has 0 aromatic rings. The first-order valence-corrected chi connectivity index (χ1v) is 25.0. The minimum absolute atomic E-state index is 0.0305. The van der Waals surface area contributed by atoms with E-state index in [0.29, 0.717) is 17.4 Å². The number of hydrogen-bond donors (Lipinski definition) is 3. The van der Waals surface area contributed by atoms with Gasteiger partial charge in [0.15, 0.2) is 6.10 Å². The van der Waals surface area contributed by atoms with Gasteiger partial charge in [0.1, 0.15) is 19.8 Å². The Labute approximate surface area is 376 Å². The van der Waals surface area contributed by atoms with Crippen molar-refractivity contribution in [2.75, 3.05) is 47.5 Å². The SMILES string of the molecule is CCCCC/C=C\C/C=C\C/C=C\C/C=C\CCCCCC(=O)OC[C@H](COP(=O)(O)OCC[N+](C)(C)C)OC(=O)CCCC(O)C(O)C/C=C\C/C=C\C/C=C\CCCCC. The number of unbranched alkanes of at least 4 members (excludes halogenated alkanes) is 9. The Morgan fingerprint density at radius 2 is 1.03 bits per heavy atom. The lowest BCUT2D eigenvalue weighted by Gasteiger charge is -2.24. The molecular formula is C50H87NO10P+. The van der Waals surface area contributed by atoms with E-state index in [1.54, 1.807) is 0 Å². The summed E-state index contributed by atoms with van der Waals surface area (Å²) < 4.78 is 34.1. The van der Waals surface area contributed by atoms with Crippen molar-refractivity contribution in [3.8, 4) is 0 Å². The van der Waals surface area contributed by atoms with Crippen molar-refractivity contribution in [3.63, 3.8) is 0 Å². The predicted octanol–water partition coefficient (Wildman–Crippen LogP) is 11.5. The topological polar surface area (TPSA) is 149 Å². The number of nitrogens with zero attached hydrogens (tertiary/aromatic N) is 1. The fourth-order valence-corrected chi connectivity index (χ4v) is 6.49. The van der Waals surface area contributed by atoms with Crippen LogP contribution in [0.4, 0.5) is 0 Å². The van der Waals surface area contributed by atoms with E-state index in [4.69, 9.17) is 18.5 Å². The van der Waals surface area contributed by atoms with Crippen molar-refractivity contribution < 1.29 is 52.3 Å². The van der Waals surface area contributed by atoms with Crippen molar-refractivity contribution in [2.45, 2.75) is 173 Å². The number of hydrogen-bond acceptors (Lipinski definition) is 9. The molecule has 62 heavy (non-hydrogen) atoms. The molecule has 11 nitrogen and oxygen atoms in total. The minimum Gasteiger partial charge on any atom is -0.462 e.